The van der Waals surface area contributed by atoms with Crippen molar-refractivity contribution >= 4 is 11.6 Å². The van der Waals surface area contributed by atoms with Gasteiger partial charge >= 0.3 is 0 Å². The number of halogens is 1. The third-order valence-corrected chi connectivity index (χ3v) is 3.36. The van der Waals surface area contributed by atoms with Crippen molar-refractivity contribution in [1.29, 1.82) is 0 Å². The number of nitrogens with two attached hydrogens (primary N) is 1. The second-order valence-corrected chi connectivity index (χ2v) is 4.89. The Bertz CT molecular complexity index is 340. The minimum absolute atomic E-state index is 0.0447. The highest BCUT2D eigenvalue weighted by Crippen LogP contribution is 2.23. The van der Waals surface area contributed by atoms with Crippen LogP contribution in [0.15, 0.2) is 24.3 Å². The molecule has 0 radical (unpaired) electrons. The maximum absolute atomic E-state index is 9.00. The summed E-state index contributed by atoms with van der Waals surface area (Å²) in [7, 11) is 0. The summed E-state index contributed by atoms with van der Waals surface area (Å²) in [6, 6.07) is 7.67. The molecule has 4 heteroatoms. The second-order valence-electron chi connectivity index (χ2n) is 4.48. The first-order valence-corrected chi connectivity index (χ1v) is 6.90. The van der Waals surface area contributed by atoms with Gasteiger partial charge in [0.05, 0.1) is 6.61 Å². The molecule has 1 atom stereocenters. The molecule has 0 aliphatic heterocycles. The molecule has 0 spiro atoms. The number of rotatable bonds is 8. The van der Waals surface area contributed by atoms with Crippen LogP contribution < -0.4 is 5.73 Å². The molecule has 0 aromatic heterocycles. The van der Waals surface area contributed by atoms with Crippen LogP contribution in [0.1, 0.15) is 31.4 Å². The Labute approximate surface area is 115 Å². The summed E-state index contributed by atoms with van der Waals surface area (Å²) in [5, 5.41) is 9.73. The van der Waals surface area contributed by atoms with Crippen LogP contribution in [0.4, 0.5) is 0 Å². The van der Waals surface area contributed by atoms with Gasteiger partial charge in [-0.1, -0.05) is 36.7 Å². The molecule has 3 N–H and O–H groups in total. The SMILES string of the molecule is CCCN(CCO)CCC(N)c1ccccc1Cl. The monoisotopic (exact) mass is 270 g/mol. The average Bonchev–Trinajstić information content (AvgIpc) is 2.36. The number of hydrogen-bond donors (Lipinski definition) is 2. The Kier molecular flexibility index (Phi) is 7.28. The van der Waals surface area contributed by atoms with E-state index in [4.69, 9.17) is 22.4 Å². The van der Waals surface area contributed by atoms with E-state index >= 15 is 0 Å². The van der Waals surface area contributed by atoms with Crippen LogP contribution in [0.25, 0.3) is 0 Å². The van der Waals surface area contributed by atoms with Gasteiger partial charge in [-0.2, -0.15) is 0 Å². The second kappa shape index (κ2) is 8.48. The molecule has 0 fully saturated rings. The molecule has 1 aromatic rings. The van der Waals surface area contributed by atoms with Crippen LogP contribution in [0.2, 0.25) is 5.02 Å². The zero-order valence-electron chi connectivity index (χ0n) is 11.0. The fourth-order valence-corrected chi connectivity index (χ4v) is 2.32. The highest BCUT2D eigenvalue weighted by Gasteiger charge is 2.11. The van der Waals surface area contributed by atoms with Crippen molar-refractivity contribution in [2.75, 3.05) is 26.2 Å². The molecular weight excluding hydrogens is 248 g/mol. The molecule has 1 unspecified atom stereocenters. The lowest BCUT2D eigenvalue weighted by molar-refractivity contribution is 0.191. The third kappa shape index (κ3) is 4.94. The predicted octanol–water partition coefficient (Wildman–Crippen LogP) is 2.43. The number of nitrogens with zero attached hydrogens (tertiary/aromatic N) is 1. The number of benzene rings is 1. The van der Waals surface area contributed by atoms with E-state index in [0.29, 0.717) is 6.54 Å². The van der Waals surface area contributed by atoms with E-state index < -0.39 is 0 Å². The van der Waals surface area contributed by atoms with Crippen molar-refractivity contribution in [2.24, 2.45) is 5.73 Å². The lowest BCUT2D eigenvalue weighted by atomic mass is 10.0. The average molecular weight is 271 g/mol. The highest BCUT2D eigenvalue weighted by molar-refractivity contribution is 6.31. The first-order valence-electron chi connectivity index (χ1n) is 6.52. The number of aliphatic hydroxyl groups is 1. The van der Waals surface area contributed by atoms with E-state index in [1.54, 1.807) is 0 Å². The van der Waals surface area contributed by atoms with Crippen molar-refractivity contribution in [2.45, 2.75) is 25.8 Å². The van der Waals surface area contributed by atoms with E-state index in [2.05, 4.69) is 11.8 Å². The van der Waals surface area contributed by atoms with E-state index in [1.807, 2.05) is 24.3 Å². The van der Waals surface area contributed by atoms with Gasteiger partial charge in [-0.15, -0.1) is 0 Å². The molecular formula is C14H23ClN2O. The molecule has 0 aliphatic carbocycles. The first-order chi connectivity index (χ1) is 8.69. The zero-order chi connectivity index (χ0) is 13.4. The van der Waals surface area contributed by atoms with E-state index in [-0.39, 0.29) is 12.6 Å². The molecule has 0 bridgehead atoms. The predicted molar refractivity (Wildman–Crippen MR) is 76.8 cm³/mol. The largest absolute Gasteiger partial charge is 0.395 e. The summed E-state index contributed by atoms with van der Waals surface area (Å²) in [5.74, 6) is 0. The maximum Gasteiger partial charge on any atom is 0.0558 e. The normalized spacial score (nSPS) is 12.9. The minimum atomic E-state index is -0.0447. The number of aliphatic hydroxyl groups excluding tert-OH is 1. The summed E-state index contributed by atoms with van der Waals surface area (Å²) < 4.78 is 0. The van der Waals surface area contributed by atoms with Gasteiger partial charge in [-0.25, -0.2) is 0 Å². The smallest absolute Gasteiger partial charge is 0.0558 e. The topological polar surface area (TPSA) is 49.5 Å². The van der Waals surface area contributed by atoms with Crippen molar-refractivity contribution in [3.8, 4) is 0 Å². The Morgan fingerprint density at radius 1 is 1.28 bits per heavy atom. The van der Waals surface area contributed by atoms with Gasteiger partial charge in [0.2, 0.25) is 0 Å². The molecule has 102 valence electrons. The Morgan fingerprint density at radius 3 is 2.61 bits per heavy atom. The highest BCUT2D eigenvalue weighted by atomic mass is 35.5. The summed E-state index contributed by atoms with van der Waals surface area (Å²) in [6.07, 6.45) is 1.94. The molecule has 0 saturated carbocycles. The molecule has 18 heavy (non-hydrogen) atoms. The van der Waals surface area contributed by atoms with Gasteiger partial charge < -0.3 is 15.7 Å². The fraction of sp³-hybridized carbons (Fsp3) is 0.571. The standard InChI is InChI=1S/C14H23ClN2O/c1-2-8-17(10-11-18)9-7-14(16)12-5-3-4-6-13(12)15/h3-6,14,18H,2,7-11,16H2,1H3. The maximum atomic E-state index is 9.00. The van der Waals surface area contributed by atoms with Gasteiger partial charge in [-0.05, 0) is 31.0 Å². The van der Waals surface area contributed by atoms with Gasteiger partial charge in [-0.3, -0.25) is 0 Å². The Balaban J connectivity index is 2.49. The molecule has 1 rings (SSSR count). The van der Waals surface area contributed by atoms with Crippen molar-refractivity contribution in [3.05, 3.63) is 34.9 Å². The molecule has 1 aromatic carbocycles. The van der Waals surface area contributed by atoms with Crippen LogP contribution in [-0.2, 0) is 0 Å². The van der Waals surface area contributed by atoms with E-state index in [1.165, 1.54) is 0 Å². The van der Waals surface area contributed by atoms with Crippen molar-refractivity contribution < 1.29 is 5.11 Å². The quantitative estimate of drug-likeness (QED) is 0.763. The fourth-order valence-electron chi connectivity index (χ4n) is 2.05. The van der Waals surface area contributed by atoms with Gasteiger partial charge in [0.1, 0.15) is 0 Å². The molecule has 0 amide bonds. The first kappa shape index (κ1) is 15.4. The van der Waals surface area contributed by atoms with E-state index in [0.717, 1.165) is 36.5 Å². The van der Waals surface area contributed by atoms with Crippen molar-refractivity contribution in [3.63, 3.8) is 0 Å². The summed E-state index contributed by atoms with van der Waals surface area (Å²) in [6.45, 7) is 4.93. The van der Waals surface area contributed by atoms with Crippen LogP contribution in [0.5, 0.6) is 0 Å². The van der Waals surface area contributed by atoms with Crippen LogP contribution in [0.3, 0.4) is 0 Å². The van der Waals surface area contributed by atoms with Gasteiger partial charge in [0, 0.05) is 24.2 Å². The van der Waals surface area contributed by atoms with E-state index in [9.17, 15) is 0 Å². The van der Waals surface area contributed by atoms with Gasteiger partial charge in [0.25, 0.3) is 0 Å². The van der Waals surface area contributed by atoms with Crippen LogP contribution in [0, 0.1) is 0 Å². The summed E-state index contributed by atoms with van der Waals surface area (Å²) in [5.41, 5.74) is 7.16. The van der Waals surface area contributed by atoms with Crippen LogP contribution >= 0.6 is 11.6 Å². The Hall–Kier alpha value is -0.610. The molecule has 0 saturated heterocycles. The minimum Gasteiger partial charge on any atom is -0.395 e. The number of hydrogen-bond acceptors (Lipinski definition) is 3. The molecule has 3 nitrogen and oxygen atoms in total. The van der Waals surface area contributed by atoms with Crippen LogP contribution in [-0.4, -0.2) is 36.2 Å². The summed E-state index contributed by atoms with van der Waals surface area (Å²) in [4.78, 5) is 2.23. The van der Waals surface area contributed by atoms with Gasteiger partial charge in [0.15, 0.2) is 0 Å². The lowest BCUT2D eigenvalue weighted by Gasteiger charge is -2.23. The Morgan fingerprint density at radius 2 is 2.00 bits per heavy atom. The zero-order valence-corrected chi connectivity index (χ0v) is 11.7. The van der Waals surface area contributed by atoms with Crippen molar-refractivity contribution in [1.82, 2.24) is 4.90 Å². The molecule has 0 heterocycles. The summed E-state index contributed by atoms with van der Waals surface area (Å²) >= 11 is 6.12. The third-order valence-electron chi connectivity index (χ3n) is 3.02. The molecule has 0 aliphatic rings. The lowest BCUT2D eigenvalue weighted by Crippen LogP contribution is -2.30.